The van der Waals surface area contributed by atoms with Crippen molar-refractivity contribution in [3.8, 4) is 0 Å². The summed E-state index contributed by atoms with van der Waals surface area (Å²) in [4.78, 5) is 12.0. The van der Waals surface area contributed by atoms with E-state index in [1.54, 1.807) is 12.1 Å². The van der Waals surface area contributed by atoms with Crippen LogP contribution in [0.2, 0.25) is 0 Å². The third kappa shape index (κ3) is 5.36. The van der Waals surface area contributed by atoms with Crippen LogP contribution in [0.25, 0.3) is 0 Å². The van der Waals surface area contributed by atoms with Gasteiger partial charge in [0, 0.05) is 6.04 Å². The van der Waals surface area contributed by atoms with Crippen molar-refractivity contribution in [1.29, 1.82) is 0 Å². The number of carbonyl (C=O) groups is 1. The first-order valence-electron chi connectivity index (χ1n) is 8.05. The SMILES string of the molecule is C=C(C)CC(CO)NC(=O)NC1CCC(c2cccc(F)c2)C1. The second-order valence-electron chi connectivity index (χ2n) is 6.42. The van der Waals surface area contributed by atoms with E-state index in [-0.39, 0.29) is 36.5 Å². The van der Waals surface area contributed by atoms with E-state index >= 15 is 0 Å². The number of aliphatic hydroxyl groups excluding tert-OH is 1. The number of rotatable bonds is 6. The summed E-state index contributed by atoms with van der Waals surface area (Å²) in [7, 11) is 0. The number of amides is 2. The van der Waals surface area contributed by atoms with Crippen LogP contribution in [-0.2, 0) is 0 Å². The fourth-order valence-corrected chi connectivity index (χ4v) is 3.17. The lowest BCUT2D eigenvalue weighted by atomic mass is 9.97. The first-order valence-corrected chi connectivity index (χ1v) is 8.05. The summed E-state index contributed by atoms with van der Waals surface area (Å²) >= 11 is 0. The fourth-order valence-electron chi connectivity index (χ4n) is 3.17. The highest BCUT2D eigenvalue weighted by Crippen LogP contribution is 2.34. The first-order chi connectivity index (χ1) is 11.0. The summed E-state index contributed by atoms with van der Waals surface area (Å²) in [5, 5.41) is 15.0. The smallest absolute Gasteiger partial charge is 0.315 e. The Bertz CT molecular complexity index is 562. The molecule has 0 bridgehead atoms. The van der Waals surface area contributed by atoms with E-state index in [9.17, 15) is 14.3 Å². The molecule has 0 radical (unpaired) electrons. The number of nitrogens with one attached hydrogen (secondary N) is 2. The van der Waals surface area contributed by atoms with E-state index in [4.69, 9.17) is 0 Å². The number of carbonyl (C=O) groups excluding carboxylic acids is 1. The zero-order chi connectivity index (χ0) is 16.8. The van der Waals surface area contributed by atoms with Gasteiger partial charge in [-0.15, -0.1) is 6.58 Å². The molecule has 0 aliphatic heterocycles. The zero-order valence-electron chi connectivity index (χ0n) is 13.5. The lowest BCUT2D eigenvalue weighted by molar-refractivity contribution is 0.213. The minimum absolute atomic E-state index is 0.0763. The van der Waals surface area contributed by atoms with Crippen LogP contribution in [0.5, 0.6) is 0 Å². The number of benzene rings is 1. The lowest BCUT2D eigenvalue weighted by Gasteiger charge is -2.19. The van der Waals surface area contributed by atoms with E-state index < -0.39 is 0 Å². The third-order valence-electron chi connectivity index (χ3n) is 4.24. The largest absolute Gasteiger partial charge is 0.394 e. The molecule has 5 heteroatoms. The number of halogens is 1. The van der Waals surface area contributed by atoms with Crippen molar-refractivity contribution in [3.05, 3.63) is 47.8 Å². The predicted octanol–water partition coefficient (Wildman–Crippen LogP) is 3.09. The highest BCUT2D eigenvalue weighted by Gasteiger charge is 2.27. The second-order valence-corrected chi connectivity index (χ2v) is 6.42. The van der Waals surface area contributed by atoms with Crippen molar-refractivity contribution in [2.24, 2.45) is 0 Å². The summed E-state index contributed by atoms with van der Waals surface area (Å²) in [5.41, 5.74) is 1.90. The van der Waals surface area contributed by atoms with Crippen LogP contribution in [0.3, 0.4) is 0 Å². The molecule has 1 saturated carbocycles. The van der Waals surface area contributed by atoms with Gasteiger partial charge in [0.15, 0.2) is 0 Å². The molecule has 23 heavy (non-hydrogen) atoms. The van der Waals surface area contributed by atoms with E-state index in [1.807, 2.05) is 13.0 Å². The van der Waals surface area contributed by atoms with Gasteiger partial charge in [0.25, 0.3) is 0 Å². The summed E-state index contributed by atoms with van der Waals surface area (Å²) in [6, 6.07) is 6.17. The summed E-state index contributed by atoms with van der Waals surface area (Å²) in [5.74, 6) is 0.0577. The Kier molecular flexibility index (Phi) is 6.16. The van der Waals surface area contributed by atoms with Crippen molar-refractivity contribution >= 4 is 6.03 Å². The topological polar surface area (TPSA) is 61.4 Å². The quantitative estimate of drug-likeness (QED) is 0.705. The van der Waals surface area contributed by atoms with Crippen molar-refractivity contribution in [2.75, 3.05) is 6.61 Å². The van der Waals surface area contributed by atoms with Crippen LogP contribution < -0.4 is 10.6 Å². The molecule has 0 aromatic heterocycles. The molecular weight excluding hydrogens is 295 g/mol. The Hall–Kier alpha value is -1.88. The van der Waals surface area contributed by atoms with E-state index in [0.29, 0.717) is 6.42 Å². The summed E-state index contributed by atoms with van der Waals surface area (Å²) in [6.45, 7) is 5.54. The molecule has 2 rings (SSSR count). The molecule has 1 fully saturated rings. The van der Waals surface area contributed by atoms with Crippen molar-refractivity contribution < 1.29 is 14.3 Å². The van der Waals surface area contributed by atoms with Crippen LogP contribution in [0.1, 0.15) is 44.1 Å². The molecule has 3 unspecified atom stereocenters. The molecule has 4 nitrogen and oxygen atoms in total. The maximum Gasteiger partial charge on any atom is 0.315 e. The second kappa shape index (κ2) is 8.11. The third-order valence-corrected chi connectivity index (χ3v) is 4.24. The Balaban J connectivity index is 1.83. The van der Waals surface area contributed by atoms with Gasteiger partial charge in [-0.1, -0.05) is 17.7 Å². The van der Waals surface area contributed by atoms with Gasteiger partial charge >= 0.3 is 6.03 Å². The molecule has 0 heterocycles. The Labute approximate surface area is 136 Å². The van der Waals surface area contributed by atoms with E-state index in [1.165, 1.54) is 6.07 Å². The number of aliphatic hydroxyl groups is 1. The molecule has 126 valence electrons. The van der Waals surface area contributed by atoms with Crippen LogP contribution in [0, 0.1) is 5.82 Å². The van der Waals surface area contributed by atoms with Gasteiger partial charge in [0.05, 0.1) is 12.6 Å². The molecule has 3 atom stereocenters. The Morgan fingerprint density at radius 3 is 2.91 bits per heavy atom. The van der Waals surface area contributed by atoms with Gasteiger partial charge in [-0.3, -0.25) is 0 Å². The summed E-state index contributed by atoms with van der Waals surface area (Å²) < 4.78 is 13.3. The highest BCUT2D eigenvalue weighted by molar-refractivity contribution is 5.74. The van der Waals surface area contributed by atoms with Gasteiger partial charge in [-0.25, -0.2) is 9.18 Å². The summed E-state index contributed by atoms with van der Waals surface area (Å²) in [6.07, 6.45) is 3.17. The molecule has 2 amide bonds. The van der Waals surface area contributed by atoms with Gasteiger partial charge in [0.2, 0.25) is 0 Å². The normalized spacial score (nSPS) is 21.7. The van der Waals surface area contributed by atoms with Gasteiger partial charge in [0.1, 0.15) is 5.82 Å². The van der Waals surface area contributed by atoms with Crippen LogP contribution in [-0.4, -0.2) is 29.8 Å². The predicted molar refractivity (Wildman–Crippen MR) is 88.8 cm³/mol. The van der Waals surface area contributed by atoms with Gasteiger partial charge < -0.3 is 15.7 Å². The van der Waals surface area contributed by atoms with Crippen LogP contribution >= 0.6 is 0 Å². The standard InChI is InChI=1S/C18H25FN2O2/c1-12(2)8-17(11-22)21-18(23)20-16-7-6-14(10-16)13-4-3-5-15(19)9-13/h3-5,9,14,16-17,22H,1,6-8,10-11H2,2H3,(H2,20,21,23). The first kappa shape index (κ1) is 17.5. The number of urea groups is 1. The maximum atomic E-state index is 13.3. The molecule has 0 saturated heterocycles. The minimum Gasteiger partial charge on any atom is -0.394 e. The molecular formula is C18H25FN2O2. The Morgan fingerprint density at radius 1 is 1.48 bits per heavy atom. The maximum absolute atomic E-state index is 13.3. The highest BCUT2D eigenvalue weighted by atomic mass is 19.1. The van der Waals surface area contributed by atoms with E-state index in [0.717, 1.165) is 30.4 Å². The van der Waals surface area contributed by atoms with Gasteiger partial charge in [-0.2, -0.15) is 0 Å². The van der Waals surface area contributed by atoms with Crippen LogP contribution in [0.4, 0.5) is 9.18 Å². The van der Waals surface area contributed by atoms with Gasteiger partial charge in [-0.05, 0) is 56.2 Å². The molecule has 0 spiro atoms. The lowest BCUT2D eigenvalue weighted by Crippen LogP contribution is -2.46. The molecule has 3 N–H and O–H groups in total. The monoisotopic (exact) mass is 320 g/mol. The van der Waals surface area contributed by atoms with Crippen molar-refractivity contribution in [2.45, 2.75) is 50.6 Å². The average molecular weight is 320 g/mol. The molecule has 1 aliphatic carbocycles. The molecule has 1 aromatic rings. The van der Waals surface area contributed by atoms with Crippen LogP contribution in [0.15, 0.2) is 36.4 Å². The van der Waals surface area contributed by atoms with Crippen molar-refractivity contribution in [1.82, 2.24) is 10.6 Å². The Morgan fingerprint density at radius 2 is 2.26 bits per heavy atom. The van der Waals surface area contributed by atoms with E-state index in [2.05, 4.69) is 17.2 Å². The number of hydrogen-bond acceptors (Lipinski definition) is 2. The fraction of sp³-hybridized carbons (Fsp3) is 0.500. The molecule has 1 aliphatic rings. The van der Waals surface area contributed by atoms with Crippen molar-refractivity contribution in [3.63, 3.8) is 0 Å². The minimum atomic E-state index is -0.312. The molecule has 1 aromatic carbocycles. The average Bonchev–Trinajstić information content (AvgIpc) is 2.94. The number of hydrogen-bond donors (Lipinski definition) is 3. The zero-order valence-corrected chi connectivity index (χ0v) is 13.5.